The van der Waals surface area contributed by atoms with Crippen LogP contribution in [-0.4, -0.2) is 4.98 Å². The smallest absolute Gasteiger partial charge is 0.269 e. The Bertz CT molecular complexity index is 299. The zero-order chi connectivity index (χ0) is 9.30. The molecule has 1 heterocycles. The fraction of sp³-hybridized carbons (Fsp3) is 0.286. The van der Waals surface area contributed by atoms with Crippen molar-refractivity contribution in [3.05, 3.63) is 17.3 Å². The van der Waals surface area contributed by atoms with Crippen LogP contribution in [0, 0.1) is 6.92 Å². The Balaban J connectivity index is 3.33. The number of nitrogen functional groups attached to an aromatic ring is 2. The number of nitrogens with two attached hydrogens (primary N) is 2. The summed E-state index contributed by atoms with van der Waals surface area (Å²) in [6.45, 7) is 1.60. The van der Waals surface area contributed by atoms with Gasteiger partial charge in [-0.05, 0) is 12.5 Å². The third kappa shape index (κ3) is 1.30. The van der Waals surface area contributed by atoms with E-state index in [0.29, 0.717) is 5.56 Å². The molecule has 0 amide bonds. The number of alkyl halides is 2. The first-order valence-corrected chi connectivity index (χ1v) is 3.32. The average Bonchev–Trinajstić information content (AvgIpc) is 1.97. The summed E-state index contributed by atoms with van der Waals surface area (Å²) in [6.07, 6.45) is -1.30. The van der Waals surface area contributed by atoms with Crippen molar-refractivity contribution in [2.45, 2.75) is 13.3 Å². The largest absolute Gasteiger partial charge is 0.398 e. The zero-order valence-electron chi connectivity index (χ0n) is 6.51. The van der Waals surface area contributed by atoms with Gasteiger partial charge in [-0.2, -0.15) is 0 Å². The predicted octanol–water partition coefficient (Wildman–Crippen LogP) is 1.49. The second-order valence-corrected chi connectivity index (χ2v) is 2.45. The summed E-state index contributed by atoms with van der Waals surface area (Å²) < 4.78 is 24.5. The summed E-state index contributed by atoms with van der Waals surface area (Å²) in [5.41, 5.74) is 10.8. The number of pyridine rings is 1. The highest BCUT2D eigenvalue weighted by Crippen LogP contribution is 2.30. The number of hydrogen-bond acceptors (Lipinski definition) is 3. The number of anilines is 2. The molecule has 0 atom stereocenters. The Morgan fingerprint density at radius 1 is 1.42 bits per heavy atom. The second-order valence-electron chi connectivity index (χ2n) is 2.45. The average molecular weight is 173 g/mol. The third-order valence-electron chi connectivity index (χ3n) is 1.61. The number of halogens is 2. The van der Waals surface area contributed by atoms with Crippen LogP contribution >= 0.6 is 0 Å². The lowest BCUT2D eigenvalue weighted by atomic mass is 10.1. The predicted molar refractivity (Wildman–Crippen MR) is 42.8 cm³/mol. The molecule has 0 fully saturated rings. The molecule has 0 saturated heterocycles. The van der Waals surface area contributed by atoms with Crippen molar-refractivity contribution < 1.29 is 8.78 Å². The molecule has 0 radical (unpaired) electrons. The van der Waals surface area contributed by atoms with Crippen LogP contribution in [0.2, 0.25) is 0 Å². The van der Waals surface area contributed by atoms with E-state index >= 15 is 0 Å². The van der Waals surface area contributed by atoms with Gasteiger partial charge in [0.15, 0.2) is 0 Å². The molecule has 4 N–H and O–H groups in total. The summed E-state index contributed by atoms with van der Waals surface area (Å²) in [7, 11) is 0. The van der Waals surface area contributed by atoms with E-state index in [1.54, 1.807) is 6.92 Å². The number of hydrogen-bond donors (Lipinski definition) is 2. The quantitative estimate of drug-likeness (QED) is 0.676. The highest BCUT2D eigenvalue weighted by Gasteiger charge is 2.17. The van der Waals surface area contributed by atoms with Crippen molar-refractivity contribution in [1.82, 2.24) is 4.98 Å². The Hall–Kier alpha value is -1.39. The normalized spacial score (nSPS) is 10.7. The molecule has 0 aromatic carbocycles. The standard InChI is InChI=1S/C7H9F2N3/c1-3-2-12-7(11)4(5(3)10)6(8)9/h2,6H,1H3,(H4,10,11,12). The van der Waals surface area contributed by atoms with Gasteiger partial charge in [0.05, 0.1) is 5.56 Å². The van der Waals surface area contributed by atoms with Crippen LogP contribution in [0.1, 0.15) is 17.6 Å². The molecule has 0 spiro atoms. The van der Waals surface area contributed by atoms with Crippen LogP contribution in [0.5, 0.6) is 0 Å². The summed E-state index contributed by atoms with van der Waals surface area (Å²) >= 11 is 0. The lowest BCUT2D eigenvalue weighted by Crippen LogP contribution is -2.04. The van der Waals surface area contributed by atoms with Gasteiger partial charge in [-0.15, -0.1) is 0 Å². The molecule has 0 aliphatic rings. The molecule has 0 unspecified atom stereocenters. The lowest BCUT2D eigenvalue weighted by molar-refractivity contribution is 0.152. The lowest BCUT2D eigenvalue weighted by Gasteiger charge is -2.08. The highest BCUT2D eigenvalue weighted by atomic mass is 19.3. The number of nitrogens with zero attached hydrogens (tertiary/aromatic N) is 1. The highest BCUT2D eigenvalue weighted by molar-refractivity contribution is 5.61. The van der Waals surface area contributed by atoms with E-state index in [4.69, 9.17) is 11.5 Å². The van der Waals surface area contributed by atoms with Crippen molar-refractivity contribution in [1.29, 1.82) is 0 Å². The fourth-order valence-corrected chi connectivity index (χ4v) is 0.885. The SMILES string of the molecule is Cc1cnc(N)c(C(F)F)c1N. The molecule has 1 aromatic heterocycles. The molecule has 0 aliphatic heterocycles. The van der Waals surface area contributed by atoms with Crippen LogP contribution in [0.25, 0.3) is 0 Å². The van der Waals surface area contributed by atoms with Gasteiger partial charge in [0.2, 0.25) is 0 Å². The van der Waals surface area contributed by atoms with E-state index in [1.165, 1.54) is 6.20 Å². The van der Waals surface area contributed by atoms with E-state index in [0.717, 1.165) is 0 Å². The second kappa shape index (κ2) is 2.92. The maximum atomic E-state index is 12.3. The van der Waals surface area contributed by atoms with Crippen LogP contribution in [0.4, 0.5) is 20.3 Å². The molecule has 3 nitrogen and oxygen atoms in total. The van der Waals surface area contributed by atoms with Gasteiger partial charge in [-0.1, -0.05) is 0 Å². The van der Waals surface area contributed by atoms with E-state index in [2.05, 4.69) is 4.98 Å². The van der Waals surface area contributed by atoms with Crippen LogP contribution in [-0.2, 0) is 0 Å². The van der Waals surface area contributed by atoms with Gasteiger partial charge in [0.25, 0.3) is 6.43 Å². The third-order valence-corrected chi connectivity index (χ3v) is 1.61. The summed E-state index contributed by atoms with van der Waals surface area (Å²) in [4.78, 5) is 3.58. The molecule has 5 heteroatoms. The first kappa shape index (κ1) is 8.70. The monoisotopic (exact) mass is 173 g/mol. The maximum absolute atomic E-state index is 12.3. The number of rotatable bonds is 1. The van der Waals surface area contributed by atoms with E-state index in [-0.39, 0.29) is 17.1 Å². The molecule has 1 aromatic rings. The van der Waals surface area contributed by atoms with Crippen molar-refractivity contribution in [2.24, 2.45) is 0 Å². The zero-order valence-corrected chi connectivity index (χ0v) is 6.51. The molecule has 0 bridgehead atoms. The van der Waals surface area contributed by atoms with Gasteiger partial charge in [0.1, 0.15) is 5.82 Å². The molecule has 12 heavy (non-hydrogen) atoms. The van der Waals surface area contributed by atoms with Gasteiger partial charge in [0, 0.05) is 11.9 Å². The Kier molecular flexibility index (Phi) is 2.12. The Labute approximate surface area is 68.4 Å². The first-order chi connectivity index (χ1) is 5.54. The van der Waals surface area contributed by atoms with Crippen molar-refractivity contribution in [3.8, 4) is 0 Å². The van der Waals surface area contributed by atoms with Crippen LogP contribution in [0.3, 0.4) is 0 Å². The minimum atomic E-state index is -2.67. The van der Waals surface area contributed by atoms with Crippen LogP contribution in [0.15, 0.2) is 6.20 Å². The Morgan fingerprint density at radius 3 is 2.42 bits per heavy atom. The van der Waals surface area contributed by atoms with Crippen molar-refractivity contribution >= 4 is 11.5 Å². The van der Waals surface area contributed by atoms with Gasteiger partial charge < -0.3 is 11.5 Å². The minimum absolute atomic E-state index is 0.0255. The van der Waals surface area contributed by atoms with Crippen LogP contribution < -0.4 is 11.5 Å². The minimum Gasteiger partial charge on any atom is -0.398 e. The topological polar surface area (TPSA) is 64.9 Å². The van der Waals surface area contributed by atoms with Gasteiger partial charge >= 0.3 is 0 Å². The van der Waals surface area contributed by atoms with E-state index in [1.807, 2.05) is 0 Å². The first-order valence-electron chi connectivity index (χ1n) is 3.32. The summed E-state index contributed by atoms with van der Waals surface area (Å²) in [5, 5.41) is 0. The fourth-order valence-electron chi connectivity index (χ4n) is 0.885. The summed E-state index contributed by atoms with van der Waals surface area (Å²) in [6, 6.07) is 0. The van der Waals surface area contributed by atoms with Gasteiger partial charge in [-0.3, -0.25) is 0 Å². The Morgan fingerprint density at radius 2 is 2.00 bits per heavy atom. The van der Waals surface area contributed by atoms with Gasteiger partial charge in [-0.25, -0.2) is 13.8 Å². The number of aryl methyl sites for hydroxylation is 1. The molecule has 0 saturated carbocycles. The number of aromatic nitrogens is 1. The molecular weight excluding hydrogens is 164 g/mol. The maximum Gasteiger partial charge on any atom is 0.269 e. The van der Waals surface area contributed by atoms with Crippen molar-refractivity contribution in [2.75, 3.05) is 11.5 Å². The molecule has 66 valence electrons. The molecule has 0 aliphatic carbocycles. The summed E-state index contributed by atoms with van der Waals surface area (Å²) in [5.74, 6) is -0.201. The van der Waals surface area contributed by atoms with E-state index < -0.39 is 6.43 Å². The van der Waals surface area contributed by atoms with Crippen molar-refractivity contribution in [3.63, 3.8) is 0 Å². The van der Waals surface area contributed by atoms with E-state index in [9.17, 15) is 8.78 Å². The molecule has 1 rings (SSSR count). The molecular formula is C7H9F2N3.